The quantitative estimate of drug-likeness (QED) is 0.926. The molecule has 1 aliphatic rings. The van der Waals surface area contributed by atoms with E-state index in [-0.39, 0.29) is 17.8 Å². The Morgan fingerprint density at radius 2 is 2.00 bits per heavy atom. The molecule has 4 nitrogen and oxygen atoms in total. The van der Waals surface area contributed by atoms with Crippen molar-refractivity contribution in [1.82, 2.24) is 4.31 Å². The Morgan fingerprint density at radius 3 is 2.53 bits per heavy atom. The van der Waals surface area contributed by atoms with E-state index in [9.17, 15) is 8.42 Å². The average molecular weight is 305 g/mol. The second kappa shape index (κ2) is 5.79. The van der Waals surface area contributed by atoms with Crippen molar-refractivity contribution in [3.8, 4) is 0 Å². The van der Waals surface area contributed by atoms with Crippen molar-refractivity contribution >= 4 is 22.4 Å². The Labute approximate surface area is 121 Å². The van der Waals surface area contributed by atoms with E-state index in [4.69, 9.17) is 5.73 Å². The molecule has 1 atom stereocenters. The first-order chi connectivity index (χ1) is 8.39. The molecule has 1 heterocycles. The lowest BCUT2D eigenvalue weighted by Gasteiger charge is -2.22. The van der Waals surface area contributed by atoms with E-state index >= 15 is 0 Å². The molecular formula is C13H21ClN2O2S. The maximum Gasteiger partial charge on any atom is 0.243 e. The minimum Gasteiger partial charge on any atom is -0.330 e. The number of aryl methyl sites for hydroxylation is 1. The minimum absolute atomic E-state index is 0. The fourth-order valence-corrected chi connectivity index (χ4v) is 4.15. The first-order valence-corrected chi connectivity index (χ1v) is 7.59. The van der Waals surface area contributed by atoms with Crippen LogP contribution in [0.4, 0.5) is 0 Å². The maximum atomic E-state index is 12.5. The molecule has 0 aliphatic carbocycles. The molecule has 0 saturated carbocycles. The van der Waals surface area contributed by atoms with Crippen LogP contribution in [0.2, 0.25) is 0 Å². The van der Waals surface area contributed by atoms with E-state index in [1.54, 1.807) is 16.4 Å². The second-order valence-corrected chi connectivity index (χ2v) is 7.28. The van der Waals surface area contributed by atoms with Crippen molar-refractivity contribution in [3.05, 3.63) is 29.8 Å². The third kappa shape index (κ3) is 3.11. The minimum atomic E-state index is -3.37. The Bertz CT molecular complexity index is 547. The molecule has 2 N–H and O–H groups in total. The van der Waals surface area contributed by atoms with Crippen LogP contribution in [0.1, 0.15) is 18.9 Å². The van der Waals surface area contributed by atoms with Gasteiger partial charge in [0, 0.05) is 13.1 Å². The third-order valence-electron chi connectivity index (χ3n) is 3.73. The topological polar surface area (TPSA) is 63.4 Å². The summed E-state index contributed by atoms with van der Waals surface area (Å²) in [6.45, 7) is 5.46. The lowest BCUT2D eigenvalue weighted by molar-refractivity contribution is 0.349. The van der Waals surface area contributed by atoms with Crippen molar-refractivity contribution in [2.24, 2.45) is 11.1 Å². The lowest BCUT2D eigenvalue weighted by atomic mass is 9.90. The summed E-state index contributed by atoms with van der Waals surface area (Å²) >= 11 is 0. The normalized spacial score (nSPS) is 24.2. The van der Waals surface area contributed by atoms with Gasteiger partial charge >= 0.3 is 0 Å². The largest absolute Gasteiger partial charge is 0.330 e. The molecule has 108 valence electrons. The van der Waals surface area contributed by atoms with Gasteiger partial charge in [0.05, 0.1) is 4.90 Å². The molecule has 0 aromatic heterocycles. The summed E-state index contributed by atoms with van der Waals surface area (Å²) in [7, 11) is -3.37. The van der Waals surface area contributed by atoms with Crippen LogP contribution in [-0.2, 0) is 10.0 Å². The zero-order valence-corrected chi connectivity index (χ0v) is 12.9. The highest BCUT2D eigenvalue weighted by Crippen LogP contribution is 2.33. The number of rotatable bonds is 3. The van der Waals surface area contributed by atoms with Crippen LogP contribution in [-0.4, -0.2) is 32.4 Å². The summed E-state index contributed by atoms with van der Waals surface area (Å²) in [5.74, 6) is 0. The van der Waals surface area contributed by atoms with E-state index in [0.717, 1.165) is 12.0 Å². The summed E-state index contributed by atoms with van der Waals surface area (Å²) in [6, 6.07) is 7.11. The summed E-state index contributed by atoms with van der Waals surface area (Å²) in [5, 5.41) is 0. The van der Waals surface area contributed by atoms with Crippen LogP contribution in [0.15, 0.2) is 29.2 Å². The van der Waals surface area contributed by atoms with Crippen molar-refractivity contribution < 1.29 is 8.42 Å². The van der Waals surface area contributed by atoms with Gasteiger partial charge in [-0.3, -0.25) is 0 Å². The number of benzene rings is 1. The van der Waals surface area contributed by atoms with Gasteiger partial charge in [-0.05, 0) is 36.9 Å². The van der Waals surface area contributed by atoms with Crippen LogP contribution in [0.3, 0.4) is 0 Å². The summed E-state index contributed by atoms with van der Waals surface area (Å²) in [4.78, 5) is 0.409. The summed E-state index contributed by atoms with van der Waals surface area (Å²) < 4.78 is 26.6. The highest BCUT2D eigenvalue weighted by atomic mass is 35.5. The number of hydrogen-bond donors (Lipinski definition) is 1. The number of sulfonamides is 1. The smallest absolute Gasteiger partial charge is 0.243 e. The van der Waals surface area contributed by atoms with E-state index in [0.29, 0.717) is 24.5 Å². The maximum absolute atomic E-state index is 12.5. The zero-order valence-electron chi connectivity index (χ0n) is 11.3. The number of hydrogen-bond acceptors (Lipinski definition) is 3. The number of nitrogens with zero attached hydrogens (tertiary/aromatic N) is 1. The van der Waals surface area contributed by atoms with E-state index in [2.05, 4.69) is 0 Å². The first kappa shape index (κ1) is 16.4. The molecule has 0 amide bonds. The van der Waals surface area contributed by atoms with Crippen LogP contribution in [0.25, 0.3) is 0 Å². The van der Waals surface area contributed by atoms with Gasteiger partial charge in [-0.25, -0.2) is 8.42 Å². The van der Waals surface area contributed by atoms with Gasteiger partial charge in [0.1, 0.15) is 0 Å². The van der Waals surface area contributed by atoms with Crippen molar-refractivity contribution in [2.45, 2.75) is 25.2 Å². The predicted octanol–water partition coefficient (Wildman–Crippen LogP) is 1.78. The molecule has 1 aromatic rings. The summed E-state index contributed by atoms with van der Waals surface area (Å²) in [5.41, 5.74) is 6.42. The fourth-order valence-electron chi connectivity index (χ4n) is 2.34. The molecule has 19 heavy (non-hydrogen) atoms. The molecule has 6 heteroatoms. The summed E-state index contributed by atoms with van der Waals surface area (Å²) in [6.07, 6.45) is 0.828. The van der Waals surface area contributed by atoms with Crippen molar-refractivity contribution in [1.29, 1.82) is 0 Å². The second-order valence-electron chi connectivity index (χ2n) is 5.37. The molecule has 1 saturated heterocycles. The zero-order chi connectivity index (χ0) is 13.4. The van der Waals surface area contributed by atoms with Gasteiger partial charge in [-0.15, -0.1) is 12.4 Å². The monoisotopic (exact) mass is 304 g/mol. The van der Waals surface area contributed by atoms with Gasteiger partial charge < -0.3 is 5.73 Å². The van der Waals surface area contributed by atoms with Crippen molar-refractivity contribution in [3.63, 3.8) is 0 Å². The molecule has 0 spiro atoms. The molecule has 1 unspecified atom stereocenters. The molecule has 0 bridgehead atoms. The highest BCUT2D eigenvalue weighted by molar-refractivity contribution is 7.89. The fraction of sp³-hybridized carbons (Fsp3) is 0.538. The molecule has 1 aromatic carbocycles. The lowest BCUT2D eigenvalue weighted by Crippen LogP contribution is -2.34. The van der Waals surface area contributed by atoms with Gasteiger partial charge in [0.25, 0.3) is 0 Å². The number of nitrogens with two attached hydrogens (primary N) is 1. The Morgan fingerprint density at radius 1 is 1.37 bits per heavy atom. The molecule has 1 aliphatic heterocycles. The van der Waals surface area contributed by atoms with Crippen LogP contribution in [0.5, 0.6) is 0 Å². The SMILES string of the molecule is Cc1ccccc1S(=O)(=O)N1CCC(C)(CN)C1.Cl. The number of halogens is 1. The van der Waals surface area contributed by atoms with Gasteiger partial charge in [-0.1, -0.05) is 25.1 Å². The van der Waals surface area contributed by atoms with Gasteiger partial charge in [0.15, 0.2) is 0 Å². The Kier molecular flexibility index (Phi) is 5.01. The molecule has 0 radical (unpaired) electrons. The molecule has 1 fully saturated rings. The standard InChI is InChI=1S/C13H20N2O2S.ClH/c1-11-5-3-4-6-12(11)18(16,17)15-8-7-13(2,9-14)10-15;/h3-6H,7-10,14H2,1-2H3;1H. The van der Waals surface area contributed by atoms with Gasteiger partial charge in [0.2, 0.25) is 10.0 Å². The van der Waals surface area contributed by atoms with E-state index in [1.165, 1.54) is 0 Å². The van der Waals surface area contributed by atoms with Crippen LogP contribution in [0, 0.1) is 12.3 Å². The molecular weight excluding hydrogens is 284 g/mol. The van der Waals surface area contributed by atoms with Gasteiger partial charge in [-0.2, -0.15) is 4.31 Å². The highest BCUT2D eigenvalue weighted by Gasteiger charge is 2.39. The Hall–Kier alpha value is -0.620. The Balaban J connectivity index is 0.00000180. The third-order valence-corrected chi connectivity index (χ3v) is 5.73. The van der Waals surface area contributed by atoms with Crippen LogP contribution >= 0.6 is 12.4 Å². The van der Waals surface area contributed by atoms with Crippen LogP contribution < -0.4 is 5.73 Å². The van der Waals surface area contributed by atoms with E-state index in [1.807, 2.05) is 26.0 Å². The first-order valence-electron chi connectivity index (χ1n) is 6.15. The molecule has 2 rings (SSSR count). The predicted molar refractivity (Wildman–Crippen MR) is 79.0 cm³/mol. The van der Waals surface area contributed by atoms with Crippen molar-refractivity contribution in [2.75, 3.05) is 19.6 Å². The van der Waals surface area contributed by atoms with E-state index < -0.39 is 10.0 Å². The average Bonchev–Trinajstić information content (AvgIpc) is 2.74.